The number of para-hydroxylation sites is 1. The van der Waals surface area contributed by atoms with Crippen molar-refractivity contribution < 1.29 is 23.9 Å². The van der Waals surface area contributed by atoms with E-state index in [1.165, 1.54) is 24.3 Å². The quantitative estimate of drug-likeness (QED) is 0.576. The molecule has 3 amide bonds. The first kappa shape index (κ1) is 19.8. The molecular formula is C23H22N2O5. The molecule has 7 nitrogen and oxygen atoms in total. The highest BCUT2D eigenvalue weighted by Crippen LogP contribution is 2.28. The van der Waals surface area contributed by atoms with Crippen LogP contribution in [-0.4, -0.2) is 36.3 Å². The fraction of sp³-hybridized carbons (Fsp3) is 0.304. The molecule has 1 unspecified atom stereocenters. The van der Waals surface area contributed by atoms with Gasteiger partial charge in [-0.05, 0) is 55.7 Å². The maximum atomic E-state index is 12.9. The normalized spacial score (nSPS) is 17.0. The summed E-state index contributed by atoms with van der Waals surface area (Å²) in [6.07, 6.45) is 1.23. The molecule has 0 saturated carbocycles. The number of carbonyl (C=O) groups is 4. The van der Waals surface area contributed by atoms with Gasteiger partial charge in [0.05, 0.1) is 11.3 Å². The van der Waals surface area contributed by atoms with Crippen LogP contribution >= 0.6 is 0 Å². The van der Waals surface area contributed by atoms with Crippen molar-refractivity contribution >= 4 is 35.1 Å². The standard InChI is InChI=1S/C23H22N2O5/c1-15(22(28)24-14-4-6-16-5-2-3-7-19(16)24)30-23(29)17-8-10-18(11-9-17)25-20(26)12-13-21(25)27/h2-3,5,7-11,15H,4,6,12-14H2,1H3. The molecule has 1 atom stereocenters. The summed E-state index contributed by atoms with van der Waals surface area (Å²) in [7, 11) is 0. The molecule has 1 fully saturated rings. The molecule has 0 aromatic heterocycles. The van der Waals surface area contributed by atoms with Gasteiger partial charge in [-0.1, -0.05) is 18.2 Å². The van der Waals surface area contributed by atoms with Gasteiger partial charge in [0, 0.05) is 25.1 Å². The lowest BCUT2D eigenvalue weighted by Gasteiger charge is -2.31. The van der Waals surface area contributed by atoms with Gasteiger partial charge in [0.1, 0.15) is 0 Å². The van der Waals surface area contributed by atoms with E-state index in [9.17, 15) is 19.2 Å². The molecule has 0 radical (unpaired) electrons. The number of imide groups is 1. The minimum absolute atomic E-state index is 0.196. The van der Waals surface area contributed by atoms with E-state index in [4.69, 9.17) is 4.74 Å². The SMILES string of the molecule is CC(OC(=O)c1ccc(N2C(=O)CCC2=O)cc1)C(=O)N1CCCc2ccccc21. The lowest BCUT2D eigenvalue weighted by molar-refractivity contribution is -0.126. The summed E-state index contributed by atoms with van der Waals surface area (Å²) in [6.45, 7) is 2.15. The third-order valence-corrected chi connectivity index (χ3v) is 5.42. The average Bonchev–Trinajstić information content (AvgIpc) is 3.10. The Bertz CT molecular complexity index is 999. The van der Waals surface area contributed by atoms with E-state index >= 15 is 0 Å². The highest BCUT2D eigenvalue weighted by molar-refractivity contribution is 6.19. The summed E-state index contributed by atoms with van der Waals surface area (Å²) in [5.74, 6) is -1.40. The van der Waals surface area contributed by atoms with Gasteiger partial charge in [0.2, 0.25) is 11.8 Å². The first-order valence-electron chi connectivity index (χ1n) is 10.0. The monoisotopic (exact) mass is 406 g/mol. The molecule has 0 N–H and O–H groups in total. The number of esters is 1. The Morgan fingerprint density at radius 2 is 1.60 bits per heavy atom. The van der Waals surface area contributed by atoms with Crippen LogP contribution in [-0.2, 0) is 25.5 Å². The lowest BCUT2D eigenvalue weighted by atomic mass is 10.0. The Balaban J connectivity index is 1.43. The van der Waals surface area contributed by atoms with Gasteiger partial charge in [0.15, 0.2) is 6.10 Å². The Kier molecular flexibility index (Phi) is 5.35. The van der Waals surface area contributed by atoms with E-state index in [0.29, 0.717) is 12.2 Å². The second kappa shape index (κ2) is 8.10. The maximum absolute atomic E-state index is 12.9. The first-order valence-corrected chi connectivity index (χ1v) is 10.0. The summed E-state index contributed by atoms with van der Waals surface area (Å²) >= 11 is 0. The highest BCUT2D eigenvalue weighted by Gasteiger charge is 2.31. The molecule has 30 heavy (non-hydrogen) atoms. The fourth-order valence-corrected chi connectivity index (χ4v) is 3.87. The largest absolute Gasteiger partial charge is 0.449 e. The highest BCUT2D eigenvalue weighted by atomic mass is 16.5. The maximum Gasteiger partial charge on any atom is 0.338 e. The molecule has 4 rings (SSSR count). The Labute approximate surface area is 174 Å². The second-order valence-corrected chi connectivity index (χ2v) is 7.44. The van der Waals surface area contributed by atoms with Crippen LogP contribution in [0.4, 0.5) is 11.4 Å². The molecule has 154 valence electrons. The Morgan fingerprint density at radius 3 is 2.30 bits per heavy atom. The summed E-state index contributed by atoms with van der Waals surface area (Å²) < 4.78 is 5.40. The Morgan fingerprint density at radius 1 is 0.933 bits per heavy atom. The van der Waals surface area contributed by atoms with Gasteiger partial charge in [-0.2, -0.15) is 0 Å². The molecule has 0 bridgehead atoms. The predicted octanol–water partition coefficient (Wildman–Crippen LogP) is 2.86. The van der Waals surface area contributed by atoms with Crippen molar-refractivity contribution in [1.29, 1.82) is 0 Å². The second-order valence-electron chi connectivity index (χ2n) is 7.44. The van der Waals surface area contributed by atoms with Crippen LogP contribution in [0.5, 0.6) is 0 Å². The number of nitrogens with zero attached hydrogens (tertiary/aromatic N) is 2. The molecule has 2 aliphatic rings. The summed E-state index contributed by atoms with van der Waals surface area (Å²) in [6, 6.07) is 13.8. The van der Waals surface area contributed by atoms with Crippen molar-refractivity contribution in [3.05, 3.63) is 59.7 Å². The lowest BCUT2D eigenvalue weighted by Crippen LogP contribution is -2.42. The number of ether oxygens (including phenoxy) is 1. The van der Waals surface area contributed by atoms with Crippen LogP contribution in [0, 0.1) is 0 Å². The average molecular weight is 406 g/mol. The number of benzene rings is 2. The number of aryl methyl sites for hydroxylation is 1. The molecule has 2 aromatic carbocycles. The van der Waals surface area contributed by atoms with Crippen LogP contribution in [0.3, 0.4) is 0 Å². The number of rotatable bonds is 4. The van der Waals surface area contributed by atoms with Gasteiger partial charge >= 0.3 is 5.97 Å². The van der Waals surface area contributed by atoms with E-state index in [0.717, 1.165) is 29.0 Å². The molecule has 1 saturated heterocycles. The zero-order valence-electron chi connectivity index (χ0n) is 16.7. The van der Waals surface area contributed by atoms with E-state index in [1.807, 2.05) is 24.3 Å². The van der Waals surface area contributed by atoms with Gasteiger partial charge in [-0.3, -0.25) is 19.3 Å². The molecule has 2 aromatic rings. The van der Waals surface area contributed by atoms with Crippen molar-refractivity contribution in [2.75, 3.05) is 16.3 Å². The van der Waals surface area contributed by atoms with Crippen molar-refractivity contribution in [2.45, 2.75) is 38.7 Å². The minimum atomic E-state index is -0.940. The third kappa shape index (κ3) is 3.70. The number of anilines is 2. The molecule has 0 spiro atoms. The van der Waals surface area contributed by atoms with Crippen molar-refractivity contribution in [3.63, 3.8) is 0 Å². The van der Waals surface area contributed by atoms with Gasteiger partial charge in [0.25, 0.3) is 5.91 Å². The van der Waals surface area contributed by atoms with Gasteiger partial charge < -0.3 is 9.64 Å². The van der Waals surface area contributed by atoms with E-state index in [2.05, 4.69) is 0 Å². The number of hydrogen-bond donors (Lipinski definition) is 0. The van der Waals surface area contributed by atoms with E-state index in [1.54, 1.807) is 11.8 Å². The fourth-order valence-electron chi connectivity index (χ4n) is 3.87. The number of carbonyl (C=O) groups excluding carboxylic acids is 4. The molecule has 7 heteroatoms. The van der Waals surface area contributed by atoms with Crippen molar-refractivity contribution in [1.82, 2.24) is 0 Å². The summed E-state index contributed by atoms with van der Waals surface area (Å²) in [4.78, 5) is 51.9. The number of fused-ring (bicyclic) bond motifs is 1. The van der Waals surface area contributed by atoms with Crippen LogP contribution in [0.15, 0.2) is 48.5 Å². The first-order chi connectivity index (χ1) is 14.5. The topological polar surface area (TPSA) is 84.0 Å². The van der Waals surface area contributed by atoms with Crippen molar-refractivity contribution in [3.8, 4) is 0 Å². The molecule has 2 aliphatic heterocycles. The minimum Gasteiger partial charge on any atom is -0.449 e. The molecular weight excluding hydrogens is 384 g/mol. The zero-order chi connectivity index (χ0) is 21.3. The number of hydrogen-bond acceptors (Lipinski definition) is 5. The van der Waals surface area contributed by atoms with E-state index in [-0.39, 0.29) is 36.1 Å². The van der Waals surface area contributed by atoms with Crippen LogP contribution in [0.25, 0.3) is 0 Å². The van der Waals surface area contributed by atoms with Crippen molar-refractivity contribution in [2.24, 2.45) is 0 Å². The van der Waals surface area contributed by atoms with Crippen LogP contribution in [0.1, 0.15) is 42.1 Å². The van der Waals surface area contributed by atoms with E-state index < -0.39 is 12.1 Å². The number of amides is 3. The summed E-state index contributed by atoms with van der Waals surface area (Å²) in [5, 5.41) is 0. The van der Waals surface area contributed by atoms with Gasteiger partial charge in [-0.15, -0.1) is 0 Å². The van der Waals surface area contributed by atoms with Crippen LogP contribution < -0.4 is 9.80 Å². The van der Waals surface area contributed by atoms with Crippen LogP contribution in [0.2, 0.25) is 0 Å². The van der Waals surface area contributed by atoms with Gasteiger partial charge in [-0.25, -0.2) is 4.79 Å². The summed E-state index contributed by atoms with van der Waals surface area (Å²) in [5.41, 5.74) is 2.64. The Hall–Kier alpha value is -3.48. The zero-order valence-corrected chi connectivity index (χ0v) is 16.7. The predicted molar refractivity (Wildman–Crippen MR) is 110 cm³/mol. The third-order valence-electron chi connectivity index (χ3n) is 5.42. The molecule has 0 aliphatic carbocycles. The molecule has 2 heterocycles. The smallest absolute Gasteiger partial charge is 0.338 e.